The van der Waals surface area contributed by atoms with Crippen LogP contribution in [-0.2, 0) is 11.4 Å². The third kappa shape index (κ3) is 6.49. The third-order valence-electron chi connectivity index (χ3n) is 6.54. The molecule has 7 heteroatoms. The van der Waals surface area contributed by atoms with Crippen molar-refractivity contribution in [2.45, 2.75) is 39.7 Å². The second-order valence-electron chi connectivity index (χ2n) is 9.56. The molecule has 0 unspecified atom stereocenters. The van der Waals surface area contributed by atoms with Gasteiger partial charge in [-0.1, -0.05) is 104 Å². The van der Waals surface area contributed by atoms with Gasteiger partial charge in [0.1, 0.15) is 22.4 Å². The lowest BCUT2D eigenvalue weighted by Gasteiger charge is -2.13. The number of hydrogen-bond acceptors (Lipinski definition) is 5. The van der Waals surface area contributed by atoms with Crippen LogP contribution in [-0.4, -0.2) is 31.5 Å². The molecule has 1 fully saturated rings. The molecule has 5 rings (SSSR count). The fourth-order valence-electron chi connectivity index (χ4n) is 4.37. The van der Waals surface area contributed by atoms with Crippen molar-refractivity contribution in [2.75, 3.05) is 6.54 Å². The van der Waals surface area contributed by atoms with Crippen molar-refractivity contribution in [3.8, 4) is 22.7 Å². The molecule has 4 aromatic rings. The summed E-state index contributed by atoms with van der Waals surface area (Å²) in [6.07, 6.45) is 7.00. The van der Waals surface area contributed by atoms with Crippen LogP contribution in [0.2, 0.25) is 0 Å². The van der Waals surface area contributed by atoms with E-state index in [1.807, 2.05) is 71.6 Å². The van der Waals surface area contributed by atoms with Crippen LogP contribution < -0.4 is 4.74 Å². The van der Waals surface area contributed by atoms with Gasteiger partial charge in [0.05, 0.1) is 10.6 Å². The molecule has 0 radical (unpaired) electrons. The molecule has 0 spiro atoms. The Balaban J connectivity index is 1.46. The van der Waals surface area contributed by atoms with Gasteiger partial charge < -0.3 is 4.74 Å². The molecule has 5 nitrogen and oxygen atoms in total. The van der Waals surface area contributed by atoms with Crippen LogP contribution >= 0.6 is 24.0 Å². The molecular formula is C32H31N3O2S2. The first-order chi connectivity index (χ1) is 19.0. The van der Waals surface area contributed by atoms with Crippen LogP contribution in [0.15, 0.2) is 90.0 Å². The Hall–Kier alpha value is -3.68. The molecule has 1 saturated heterocycles. The Kier molecular flexibility index (Phi) is 8.59. The predicted molar refractivity (Wildman–Crippen MR) is 164 cm³/mol. The van der Waals surface area contributed by atoms with Crippen LogP contribution in [0, 0.1) is 6.92 Å². The number of nitrogens with zero attached hydrogens (tertiary/aromatic N) is 3. The standard InChI is InChI=1S/C32H31N3O2S2/c1-3-4-8-18-34-31(36)29(39-32(34)38)20-26-21-35(27-11-6-5-7-12-27)33-30(26)25-10-9-13-28(19-25)37-22-24-16-14-23(2)15-17-24/h5-7,9-17,19-21H,3-4,8,18,22H2,1-2H3. The number of thiocarbonyl (C=S) groups is 1. The van der Waals surface area contributed by atoms with Gasteiger partial charge in [-0.3, -0.25) is 9.69 Å². The van der Waals surface area contributed by atoms with Gasteiger partial charge in [-0.2, -0.15) is 5.10 Å². The first kappa shape index (κ1) is 26.9. The highest BCUT2D eigenvalue weighted by Gasteiger charge is 2.32. The SMILES string of the molecule is CCCCCN1C(=O)C(=Cc2cn(-c3ccccc3)nc2-c2cccc(OCc3ccc(C)cc3)c2)SC1=S. The minimum atomic E-state index is -0.0327. The molecule has 1 amide bonds. The monoisotopic (exact) mass is 553 g/mol. The summed E-state index contributed by atoms with van der Waals surface area (Å²) in [5.74, 6) is 0.727. The van der Waals surface area contributed by atoms with Gasteiger partial charge in [0.15, 0.2) is 0 Å². The van der Waals surface area contributed by atoms with Gasteiger partial charge in [-0.25, -0.2) is 4.68 Å². The molecule has 0 saturated carbocycles. The molecular weight excluding hydrogens is 523 g/mol. The number of para-hydroxylation sites is 1. The van der Waals surface area contributed by atoms with Crippen LogP contribution in [0.1, 0.15) is 42.9 Å². The van der Waals surface area contributed by atoms with Crippen LogP contribution in [0.4, 0.5) is 0 Å². The average Bonchev–Trinajstić information content (AvgIpc) is 3.50. The van der Waals surface area contributed by atoms with Gasteiger partial charge in [-0.15, -0.1) is 0 Å². The highest BCUT2D eigenvalue weighted by molar-refractivity contribution is 8.26. The smallest absolute Gasteiger partial charge is 0.266 e. The minimum absolute atomic E-state index is 0.0327. The number of carbonyl (C=O) groups excluding carboxylic acids is 1. The number of aromatic nitrogens is 2. The quantitative estimate of drug-likeness (QED) is 0.114. The fourth-order valence-corrected chi connectivity index (χ4v) is 5.67. The predicted octanol–water partition coefficient (Wildman–Crippen LogP) is 7.82. The number of unbranched alkanes of at least 4 members (excludes halogenated alkanes) is 2. The van der Waals surface area contributed by atoms with E-state index in [9.17, 15) is 4.79 Å². The molecule has 198 valence electrons. The van der Waals surface area contributed by atoms with Crippen molar-refractivity contribution < 1.29 is 9.53 Å². The van der Waals surface area contributed by atoms with Crippen molar-refractivity contribution in [3.05, 3.63) is 107 Å². The Bertz CT molecular complexity index is 1490. The van der Waals surface area contributed by atoms with E-state index < -0.39 is 0 Å². The van der Waals surface area contributed by atoms with Crippen molar-refractivity contribution in [1.29, 1.82) is 0 Å². The lowest BCUT2D eigenvalue weighted by Crippen LogP contribution is -2.28. The Morgan fingerprint density at radius 1 is 1.00 bits per heavy atom. The number of benzene rings is 3. The zero-order valence-electron chi connectivity index (χ0n) is 22.2. The van der Waals surface area contributed by atoms with Crippen LogP contribution in [0.5, 0.6) is 5.75 Å². The zero-order valence-corrected chi connectivity index (χ0v) is 23.8. The molecule has 1 aliphatic rings. The van der Waals surface area contributed by atoms with E-state index in [-0.39, 0.29) is 5.91 Å². The number of ether oxygens (including phenoxy) is 1. The lowest BCUT2D eigenvalue weighted by atomic mass is 10.1. The number of amides is 1. The molecule has 1 aliphatic heterocycles. The summed E-state index contributed by atoms with van der Waals surface area (Å²) in [7, 11) is 0. The lowest BCUT2D eigenvalue weighted by molar-refractivity contribution is -0.122. The molecule has 0 N–H and O–H groups in total. The van der Waals surface area contributed by atoms with Gasteiger partial charge in [0.2, 0.25) is 0 Å². The summed E-state index contributed by atoms with van der Waals surface area (Å²) in [6.45, 7) is 5.37. The molecule has 39 heavy (non-hydrogen) atoms. The summed E-state index contributed by atoms with van der Waals surface area (Å²) in [4.78, 5) is 15.6. The summed E-state index contributed by atoms with van der Waals surface area (Å²) >= 11 is 6.91. The third-order valence-corrected chi connectivity index (χ3v) is 7.92. The second-order valence-corrected chi connectivity index (χ2v) is 11.2. The van der Waals surface area contributed by atoms with Gasteiger partial charge in [0.25, 0.3) is 5.91 Å². The highest BCUT2D eigenvalue weighted by atomic mass is 32.2. The van der Waals surface area contributed by atoms with Gasteiger partial charge >= 0.3 is 0 Å². The van der Waals surface area contributed by atoms with Crippen LogP contribution in [0.3, 0.4) is 0 Å². The van der Waals surface area contributed by atoms with Crippen molar-refractivity contribution in [2.24, 2.45) is 0 Å². The van der Waals surface area contributed by atoms with Crippen molar-refractivity contribution >= 4 is 40.3 Å². The normalized spacial score (nSPS) is 14.4. The first-order valence-electron chi connectivity index (χ1n) is 13.2. The van der Waals surface area contributed by atoms with Crippen molar-refractivity contribution in [1.82, 2.24) is 14.7 Å². The average molecular weight is 554 g/mol. The van der Waals surface area contributed by atoms with Crippen LogP contribution in [0.25, 0.3) is 23.0 Å². The van der Waals surface area contributed by atoms with E-state index in [2.05, 4.69) is 38.1 Å². The number of carbonyl (C=O) groups is 1. The largest absolute Gasteiger partial charge is 0.489 e. The zero-order chi connectivity index (χ0) is 27.2. The van der Waals surface area contributed by atoms with E-state index in [0.717, 1.165) is 53.1 Å². The summed E-state index contributed by atoms with van der Waals surface area (Å²) in [5.41, 5.74) is 5.81. The maximum Gasteiger partial charge on any atom is 0.266 e. The maximum absolute atomic E-state index is 13.2. The van der Waals surface area contributed by atoms with E-state index in [4.69, 9.17) is 22.1 Å². The minimum Gasteiger partial charge on any atom is -0.489 e. The number of aryl methyl sites for hydroxylation is 1. The van der Waals surface area contributed by atoms with E-state index in [0.29, 0.717) is 22.4 Å². The van der Waals surface area contributed by atoms with E-state index in [1.54, 1.807) is 4.90 Å². The molecule has 1 aromatic heterocycles. The maximum atomic E-state index is 13.2. The first-order valence-corrected chi connectivity index (χ1v) is 14.4. The van der Waals surface area contributed by atoms with Gasteiger partial charge in [-0.05, 0) is 49.2 Å². The van der Waals surface area contributed by atoms with E-state index >= 15 is 0 Å². The molecule has 0 aliphatic carbocycles. The van der Waals surface area contributed by atoms with E-state index in [1.165, 1.54) is 17.3 Å². The highest BCUT2D eigenvalue weighted by Crippen LogP contribution is 2.35. The Morgan fingerprint density at radius 2 is 1.79 bits per heavy atom. The second kappa shape index (κ2) is 12.5. The molecule has 3 aromatic carbocycles. The number of thioether (sulfide) groups is 1. The molecule has 2 heterocycles. The fraction of sp³-hybridized carbons (Fsp3) is 0.219. The van der Waals surface area contributed by atoms with Crippen molar-refractivity contribution in [3.63, 3.8) is 0 Å². The topological polar surface area (TPSA) is 47.4 Å². The Morgan fingerprint density at radius 3 is 2.56 bits per heavy atom. The Labute approximate surface area is 239 Å². The van der Waals surface area contributed by atoms with Gasteiger partial charge in [0, 0.05) is 23.9 Å². The summed E-state index contributed by atoms with van der Waals surface area (Å²) in [6, 6.07) is 26.2. The summed E-state index contributed by atoms with van der Waals surface area (Å²) in [5, 5.41) is 4.94. The molecule has 0 bridgehead atoms. The number of hydrogen-bond donors (Lipinski definition) is 0. The molecule has 0 atom stereocenters. The summed E-state index contributed by atoms with van der Waals surface area (Å²) < 4.78 is 8.59. The number of rotatable bonds is 10.